The van der Waals surface area contributed by atoms with E-state index in [1.807, 2.05) is 0 Å². The number of hydrogen-bond donors (Lipinski definition) is 0. The van der Waals surface area contributed by atoms with Crippen LogP contribution in [0.25, 0.3) is 11.4 Å². The first-order valence-corrected chi connectivity index (χ1v) is 6.69. The summed E-state index contributed by atoms with van der Waals surface area (Å²) in [6.07, 6.45) is 0. The first-order valence-electron chi connectivity index (χ1n) is 5.54. The number of thioether (sulfide) groups is 1. The third-order valence-electron chi connectivity index (χ3n) is 2.78. The summed E-state index contributed by atoms with van der Waals surface area (Å²) >= 11 is 1.50. The molecule has 0 amide bonds. The predicted octanol–water partition coefficient (Wildman–Crippen LogP) is 2.41. The van der Waals surface area contributed by atoms with Crippen molar-refractivity contribution in [1.82, 2.24) is 10.1 Å². The van der Waals surface area contributed by atoms with Crippen LogP contribution in [-0.4, -0.2) is 27.4 Å². The van der Waals surface area contributed by atoms with Gasteiger partial charge < -0.3 is 4.52 Å². The first-order chi connectivity index (χ1) is 9.13. The molecule has 19 heavy (non-hydrogen) atoms. The van der Waals surface area contributed by atoms with E-state index in [0.29, 0.717) is 11.5 Å². The SMILES string of the molecule is O=C1CSCC1c1nc(-c2cc(F)cc(F)c2)no1. The van der Waals surface area contributed by atoms with Gasteiger partial charge in [-0.3, -0.25) is 4.79 Å². The monoisotopic (exact) mass is 282 g/mol. The Labute approximate surface area is 111 Å². The molecule has 1 aromatic heterocycles. The predicted molar refractivity (Wildman–Crippen MR) is 64.7 cm³/mol. The van der Waals surface area contributed by atoms with Crippen LogP contribution in [0, 0.1) is 11.6 Å². The van der Waals surface area contributed by atoms with Gasteiger partial charge in [-0.1, -0.05) is 5.16 Å². The molecule has 0 saturated carbocycles. The van der Waals surface area contributed by atoms with Gasteiger partial charge in [-0.25, -0.2) is 8.78 Å². The maximum atomic E-state index is 13.1. The molecule has 1 unspecified atom stereocenters. The molecule has 0 aliphatic carbocycles. The van der Waals surface area contributed by atoms with Crippen LogP contribution in [0.3, 0.4) is 0 Å². The Morgan fingerprint density at radius 3 is 2.63 bits per heavy atom. The van der Waals surface area contributed by atoms with Crippen LogP contribution < -0.4 is 0 Å². The molecule has 0 radical (unpaired) electrons. The Balaban J connectivity index is 1.94. The van der Waals surface area contributed by atoms with Crippen LogP contribution in [0.2, 0.25) is 0 Å². The summed E-state index contributed by atoms with van der Waals surface area (Å²) in [7, 11) is 0. The number of aromatic nitrogens is 2. The Bertz CT molecular complexity index is 624. The number of hydrogen-bond acceptors (Lipinski definition) is 5. The highest BCUT2D eigenvalue weighted by molar-refractivity contribution is 8.00. The number of rotatable bonds is 2. The molecule has 4 nitrogen and oxygen atoms in total. The Morgan fingerprint density at radius 2 is 2.00 bits per heavy atom. The number of Topliss-reactive ketones (excluding diaryl/α,β-unsaturated/α-hetero) is 1. The third kappa shape index (κ3) is 2.37. The van der Waals surface area contributed by atoms with Crippen molar-refractivity contribution < 1.29 is 18.1 Å². The molecule has 2 aromatic rings. The Kier molecular flexibility index (Phi) is 3.06. The van der Waals surface area contributed by atoms with Crippen molar-refractivity contribution in [3.8, 4) is 11.4 Å². The lowest BCUT2D eigenvalue weighted by Crippen LogP contribution is -2.09. The fraction of sp³-hybridized carbons (Fsp3) is 0.250. The summed E-state index contributed by atoms with van der Waals surface area (Å²) < 4.78 is 31.2. The fourth-order valence-electron chi connectivity index (χ4n) is 1.86. The lowest BCUT2D eigenvalue weighted by molar-refractivity contribution is -0.117. The molecule has 0 spiro atoms. The standard InChI is InChI=1S/C12H8F2N2O2S/c13-7-1-6(2-8(14)3-7)11-15-12(18-16-11)9-4-19-5-10(9)17/h1-3,9H,4-5H2. The smallest absolute Gasteiger partial charge is 0.238 e. The highest BCUT2D eigenvalue weighted by Gasteiger charge is 2.31. The molecule has 1 atom stereocenters. The fourth-order valence-corrected chi connectivity index (χ4v) is 2.94. The molecule has 0 N–H and O–H groups in total. The van der Waals surface area contributed by atoms with Gasteiger partial charge in [0.1, 0.15) is 17.6 Å². The summed E-state index contributed by atoms with van der Waals surface area (Å²) in [6.45, 7) is 0. The zero-order chi connectivity index (χ0) is 13.4. The second-order valence-electron chi connectivity index (χ2n) is 4.15. The average molecular weight is 282 g/mol. The Morgan fingerprint density at radius 1 is 1.26 bits per heavy atom. The van der Waals surface area contributed by atoms with Crippen molar-refractivity contribution in [1.29, 1.82) is 0 Å². The van der Waals surface area contributed by atoms with E-state index in [-0.39, 0.29) is 23.1 Å². The van der Waals surface area contributed by atoms with E-state index >= 15 is 0 Å². The van der Waals surface area contributed by atoms with Crippen LogP contribution in [0.1, 0.15) is 11.8 Å². The van der Waals surface area contributed by atoms with Crippen LogP contribution in [0.4, 0.5) is 8.78 Å². The van der Waals surface area contributed by atoms with E-state index in [9.17, 15) is 13.6 Å². The summed E-state index contributed by atoms with van der Waals surface area (Å²) in [5, 5.41) is 3.67. The van der Waals surface area contributed by atoms with Gasteiger partial charge in [0.2, 0.25) is 11.7 Å². The molecule has 98 valence electrons. The van der Waals surface area contributed by atoms with Crippen LogP contribution in [-0.2, 0) is 4.79 Å². The maximum absolute atomic E-state index is 13.1. The van der Waals surface area contributed by atoms with Gasteiger partial charge in [-0.2, -0.15) is 16.7 Å². The lowest BCUT2D eigenvalue weighted by atomic mass is 10.1. The second kappa shape index (κ2) is 4.73. The van der Waals surface area contributed by atoms with E-state index in [2.05, 4.69) is 10.1 Å². The lowest BCUT2D eigenvalue weighted by Gasteiger charge is -1.98. The molecule has 1 aromatic carbocycles. The van der Waals surface area contributed by atoms with Crippen molar-refractivity contribution in [2.75, 3.05) is 11.5 Å². The second-order valence-corrected chi connectivity index (χ2v) is 5.18. The highest BCUT2D eigenvalue weighted by Crippen LogP contribution is 2.30. The van der Waals surface area contributed by atoms with Crippen molar-refractivity contribution in [3.05, 3.63) is 35.7 Å². The normalized spacial score (nSPS) is 19.1. The largest absolute Gasteiger partial charge is 0.338 e. The number of carbonyl (C=O) groups excluding carboxylic acids is 1. The van der Waals surface area contributed by atoms with Crippen LogP contribution in [0.5, 0.6) is 0 Å². The molecule has 3 rings (SSSR count). The minimum atomic E-state index is -0.714. The Hall–Kier alpha value is -1.76. The van der Waals surface area contributed by atoms with E-state index in [4.69, 9.17) is 4.52 Å². The quantitative estimate of drug-likeness (QED) is 0.846. The first kappa shape index (κ1) is 12.3. The third-order valence-corrected chi connectivity index (χ3v) is 3.84. The summed E-state index contributed by atoms with van der Waals surface area (Å²) in [6, 6.07) is 2.99. The minimum absolute atomic E-state index is 0.0330. The zero-order valence-corrected chi connectivity index (χ0v) is 10.4. The topological polar surface area (TPSA) is 56.0 Å². The summed E-state index contributed by atoms with van der Waals surface area (Å²) in [4.78, 5) is 15.6. The van der Waals surface area contributed by atoms with E-state index in [1.54, 1.807) is 0 Å². The van der Waals surface area contributed by atoms with Gasteiger partial charge in [0, 0.05) is 17.4 Å². The van der Waals surface area contributed by atoms with Crippen molar-refractivity contribution in [3.63, 3.8) is 0 Å². The summed E-state index contributed by atoms with van der Waals surface area (Å²) in [5.74, 6) is -0.500. The van der Waals surface area contributed by atoms with E-state index in [0.717, 1.165) is 18.2 Å². The van der Waals surface area contributed by atoms with E-state index < -0.39 is 17.6 Å². The highest BCUT2D eigenvalue weighted by atomic mass is 32.2. The number of halogens is 2. The van der Waals surface area contributed by atoms with Gasteiger partial charge in [-0.05, 0) is 12.1 Å². The molecule has 1 aliphatic heterocycles. The van der Waals surface area contributed by atoms with Crippen molar-refractivity contribution in [2.45, 2.75) is 5.92 Å². The van der Waals surface area contributed by atoms with Crippen LogP contribution in [0.15, 0.2) is 22.7 Å². The molecular formula is C12H8F2N2O2S. The number of carbonyl (C=O) groups is 1. The molecule has 1 saturated heterocycles. The molecule has 7 heteroatoms. The zero-order valence-electron chi connectivity index (χ0n) is 9.60. The van der Waals surface area contributed by atoms with Crippen LogP contribution >= 0.6 is 11.8 Å². The summed E-state index contributed by atoms with van der Waals surface area (Å²) in [5.41, 5.74) is 0.186. The number of nitrogens with zero attached hydrogens (tertiary/aromatic N) is 2. The van der Waals surface area contributed by atoms with Gasteiger partial charge in [-0.15, -0.1) is 0 Å². The number of ketones is 1. The van der Waals surface area contributed by atoms with Gasteiger partial charge >= 0.3 is 0 Å². The maximum Gasteiger partial charge on any atom is 0.238 e. The molecular weight excluding hydrogens is 274 g/mol. The van der Waals surface area contributed by atoms with Gasteiger partial charge in [0.15, 0.2) is 5.78 Å². The molecule has 0 bridgehead atoms. The van der Waals surface area contributed by atoms with Gasteiger partial charge in [0.05, 0.1) is 5.75 Å². The van der Waals surface area contributed by atoms with E-state index in [1.165, 1.54) is 11.8 Å². The molecule has 1 fully saturated rings. The average Bonchev–Trinajstić information content (AvgIpc) is 2.95. The molecule has 1 aliphatic rings. The van der Waals surface area contributed by atoms with Crippen molar-refractivity contribution in [2.24, 2.45) is 0 Å². The van der Waals surface area contributed by atoms with Crippen molar-refractivity contribution >= 4 is 17.5 Å². The molecule has 2 heterocycles. The van der Waals surface area contributed by atoms with Gasteiger partial charge in [0.25, 0.3) is 0 Å². The minimum Gasteiger partial charge on any atom is -0.338 e. The number of benzene rings is 1.